The van der Waals surface area contributed by atoms with E-state index in [1.54, 1.807) is 37.0 Å². The molecule has 4 rings (SSSR count). The zero-order valence-corrected chi connectivity index (χ0v) is 14.9. The minimum atomic E-state index is -0.582. The van der Waals surface area contributed by atoms with Crippen molar-refractivity contribution >= 4 is 17.3 Å². The van der Waals surface area contributed by atoms with Gasteiger partial charge >= 0.3 is 5.97 Å². The van der Waals surface area contributed by atoms with Crippen LogP contribution in [-0.4, -0.2) is 28.2 Å². The van der Waals surface area contributed by atoms with Crippen LogP contribution >= 0.6 is 11.3 Å². The van der Waals surface area contributed by atoms with Crippen molar-refractivity contribution in [1.82, 2.24) is 15.1 Å². The Morgan fingerprint density at radius 1 is 1.19 bits per heavy atom. The normalized spacial score (nSPS) is 10.7. The molecule has 0 fully saturated rings. The summed E-state index contributed by atoms with van der Waals surface area (Å²) in [7, 11) is 1.56. The predicted molar refractivity (Wildman–Crippen MR) is 95.2 cm³/mol. The zero-order chi connectivity index (χ0) is 18.6. The van der Waals surface area contributed by atoms with Gasteiger partial charge in [0.1, 0.15) is 5.75 Å². The largest absolute Gasteiger partial charge is 0.496 e. The number of esters is 1. The van der Waals surface area contributed by atoms with E-state index in [-0.39, 0.29) is 18.2 Å². The first-order valence-corrected chi connectivity index (χ1v) is 8.75. The Labute approximate surface area is 157 Å². The molecule has 3 aromatic heterocycles. The molecule has 0 aliphatic heterocycles. The Bertz CT molecular complexity index is 1050. The molecule has 0 N–H and O–H groups in total. The standard InChI is InChI=1S/C18H13N3O5S/c1-23-13-6-3-2-5-11(13)16-20-15(26-21-16)9-25-18(22)12-10-27-17(19-12)14-7-4-8-24-14/h2-8,10H,9H2,1H3. The molecule has 0 unspecified atom stereocenters. The molecule has 8 nitrogen and oxygen atoms in total. The van der Waals surface area contributed by atoms with Crippen molar-refractivity contribution in [3.05, 3.63) is 59.6 Å². The second-order valence-electron chi connectivity index (χ2n) is 5.30. The summed E-state index contributed by atoms with van der Waals surface area (Å²) in [5.41, 5.74) is 0.875. The molecule has 0 aliphatic carbocycles. The zero-order valence-electron chi connectivity index (χ0n) is 14.1. The Morgan fingerprint density at radius 3 is 2.89 bits per heavy atom. The molecular weight excluding hydrogens is 370 g/mol. The van der Waals surface area contributed by atoms with Crippen molar-refractivity contribution < 1.29 is 23.2 Å². The lowest BCUT2D eigenvalue weighted by molar-refractivity contribution is 0.0424. The van der Waals surface area contributed by atoms with Crippen LogP contribution in [0.3, 0.4) is 0 Å². The van der Waals surface area contributed by atoms with Gasteiger partial charge in [0, 0.05) is 5.38 Å². The monoisotopic (exact) mass is 383 g/mol. The van der Waals surface area contributed by atoms with Gasteiger partial charge in [-0.3, -0.25) is 0 Å². The smallest absolute Gasteiger partial charge is 0.358 e. The number of nitrogens with zero attached hydrogens (tertiary/aromatic N) is 3. The van der Waals surface area contributed by atoms with Crippen molar-refractivity contribution in [3.63, 3.8) is 0 Å². The quantitative estimate of drug-likeness (QED) is 0.463. The van der Waals surface area contributed by atoms with E-state index in [9.17, 15) is 4.79 Å². The highest BCUT2D eigenvalue weighted by Crippen LogP contribution is 2.27. The molecule has 136 valence electrons. The van der Waals surface area contributed by atoms with Crippen LogP contribution in [0.25, 0.3) is 22.2 Å². The molecule has 0 atom stereocenters. The number of thiazole rings is 1. The Hall–Kier alpha value is -3.46. The average molecular weight is 383 g/mol. The molecule has 9 heteroatoms. The van der Waals surface area contributed by atoms with Gasteiger partial charge in [-0.25, -0.2) is 9.78 Å². The number of hydrogen-bond acceptors (Lipinski definition) is 9. The van der Waals surface area contributed by atoms with Gasteiger partial charge in [-0.1, -0.05) is 17.3 Å². The van der Waals surface area contributed by atoms with Crippen molar-refractivity contribution in [2.24, 2.45) is 0 Å². The predicted octanol–water partition coefficient (Wildman–Crippen LogP) is 3.82. The summed E-state index contributed by atoms with van der Waals surface area (Å²) in [4.78, 5) is 20.6. The highest BCUT2D eigenvalue weighted by molar-refractivity contribution is 7.13. The Kier molecular flexibility index (Phi) is 4.67. The number of carbonyl (C=O) groups is 1. The van der Waals surface area contributed by atoms with Crippen molar-refractivity contribution in [2.75, 3.05) is 7.11 Å². The summed E-state index contributed by atoms with van der Waals surface area (Å²) < 4.78 is 20.9. The molecule has 0 radical (unpaired) electrons. The van der Waals surface area contributed by atoms with Crippen LogP contribution in [0.1, 0.15) is 16.4 Å². The fraction of sp³-hybridized carbons (Fsp3) is 0.111. The molecule has 0 spiro atoms. The third-order valence-corrected chi connectivity index (χ3v) is 4.44. The van der Waals surface area contributed by atoms with Gasteiger partial charge in [0.15, 0.2) is 23.1 Å². The van der Waals surface area contributed by atoms with Gasteiger partial charge in [0.2, 0.25) is 5.82 Å². The van der Waals surface area contributed by atoms with Gasteiger partial charge in [0.25, 0.3) is 5.89 Å². The first kappa shape index (κ1) is 17.0. The third-order valence-electron chi connectivity index (χ3n) is 3.59. The highest BCUT2D eigenvalue weighted by Gasteiger charge is 2.17. The Morgan fingerprint density at radius 2 is 2.07 bits per heavy atom. The summed E-state index contributed by atoms with van der Waals surface area (Å²) in [5.74, 6) is 1.16. The molecule has 1 aromatic carbocycles. The number of aromatic nitrogens is 3. The number of rotatable bonds is 6. The average Bonchev–Trinajstić information content (AvgIpc) is 3.47. The molecule has 0 aliphatic rings. The van der Waals surface area contributed by atoms with Crippen LogP contribution < -0.4 is 4.74 Å². The molecule has 0 amide bonds. The first-order valence-electron chi connectivity index (χ1n) is 7.87. The fourth-order valence-electron chi connectivity index (χ4n) is 2.33. The summed E-state index contributed by atoms with van der Waals surface area (Å²) in [6.07, 6.45) is 1.55. The van der Waals surface area contributed by atoms with Crippen LogP contribution in [0, 0.1) is 0 Å². The number of hydrogen-bond donors (Lipinski definition) is 0. The topological polar surface area (TPSA) is 100 Å². The van der Waals surface area contributed by atoms with E-state index in [1.807, 2.05) is 18.2 Å². The molecule has 0 saturated carbocycles. The van der Waals surface area contributed by atoms with E-state index >= 15 is 0 Å². The van der Waals surface area contributed by atoms with Crippen molar-refractivity contribution in [1.29, 1.82) is 0 Å². The molecule has 4 aromatic rings. The summed E-state index contributed by atoms with van der Waals surface area (Å²) in [5, 5.41) is 6.11. The lowest BCUT2D eigenvalue weighted by Gasteiger charge is -2.03. The molecule has 27 heavy (non-hydrogen) atoms. The van der Waals surface area contributed by atoms with Crippen molar-refractivity contribution in [3.8, 4) is 27.9 Å². The van der Waals surface area contributed by atoms with Crippen LogP contribution in [0.5, 0.6) is 5.75 Å². The third kappa shape index (κ3) is 3.58. The minimum absolute atomic E-state index is 0.158. The minimum Gasteiger partial charge on any atom is -0.496 e. The van der Waals surface area contributed by atoms with E-state index in [0.717, 1.165) is 0 Å². The van der Waals surface area contributed by atoms with Crippen LogP contribution in [0.4, 0.5) is 0 Å². The summed E-state index contributed by atoms with van der Waals surface area (Å²) in [6, 6.07) is 10.8. The van der Waals surface area contributed by atoms with Crippen LogP contribution in [0.2, 0.25) is 0 Å². The van der Waals surface area contributed by atoms with Gasteiger partial charge in [0.05, 0.1) is 18.9 Å². The lowest BCUT2D eigenvalue weighted by Crippen LogP contribution is -2.05. The SMILES string of the molecule is COc1ccccc1-c1noc(COC(=O)c2csc(-c3ccco3)n2)n1. The summed E-state index contributed by atoms with van der Waals surface area (Å²) >= 11 is 1.29. The second-order valence-corrected chi connectivity index (χ2v) is 6.16. The van der Waals surface area contributed by atoms with Gasteiger partial charge in [-0.2, -0.15) is 4.98 Å². The maximum atomic E-state index is 12.2. The lowest BCUT2D eigenvalue weighted by atomic mass is 10.2. The van der Waals surface area contributed by atoms with E-state index in [2.05, 4.69) is 15.1 Å². The van der Waals surface area contributed by atoms with E-state index in [4.69, 9.17) is 18.4 Å². The Balaban J connectivity index is 1.42. The van der Waals surface area contributed by atoms with Gasteiger partial charge in [-0.15, -0.1) is 11.3 Å². The maximum Gasteiger partial charge on any atom is 0.358 e. The molecular formula is C18H13N3O5S. The van der Waals surface area contributed by atoms with Gasteiger partial charge < -0.3 is 18.4 Å². The second kappa shape index (κ2) is 7.42. The van der Waals surface area contributed by atoms with Gasteiger partial charge in [-0.05, 0) is 24.3 Å². The van der Waals surface area contributed by atoms with Crippen molar-refractivity contribution in [2.45, 2.75) is 6.61 Å². The van der Waals surface area contributed by atoms with E-state index in [1.165, 1.54) is 11.3 Å². The molecule has 0 saturated heterocycles. The van der Waals surface area contributed by atoms with Crippen LogP contribution in [-0.2, 0) is 11.3 Å². The molecule has 3 heterocycles. The number of methoxy groups -OCH3 is 1. The van der Waals surface area contributed by atoms with E-state index < -0.39 is 5.97 Å². The maximum absolute atomic E-state index is 12.2. The number of benzene rings is 1. The number of furan rings is 1. The highest BCUT2D eigenvalue weighted by atomic mass is 32.1. The molecule has 0 bridgehead atoms. The first-order chi connectivity index (χ1) is 13.2. The summed E-state index contributed by atoms with van der Waals surface area (Å²) in [6.45, 7) is -0.158. The number of carbonyl (C=O) groups excluding carboxylic acids is 1. The number of para-hydroxylation sites is 1. The van der Waals surface area contributed by atoms with Crippen LogP contribution in [0.15, 0.2) is 57.0 Å². The fourth-order valence-corrected chi connectivity index (χ4v) is 3.09. The van der Waals surface area contributed by atoms with E-state index in [0.29, 0.717) is 27.9 Å². The number of ether oxygens (including phenoxy) is 2.